The van der Waals surface area contributed by atoms with E-state index in [0.717, 1.165) is 35.2 Å². The molecule has 28 heavy (non-hydrogen) atoms. The Morgan fingerprint density at radius 2 is 1.64 bits per heavy atom. The van der Waals surface area contributed by atoms with Gasteiger partial charge in [-0.15, -0.1) is 0 Å². The zero-order valence-electron chi connectivity index (χ0n) is 15.6. The lowest BCUT2D eigenvalue weighted by molar-refractivity contribution is 0.0587. The number of ether oxygens (including phenoxy) is 1. The molecule has 4 rings (SSSR count). The Balaban J connectivity index is 1.63. The Morgan fingerprint density at radius 3 is 2.39 bits per heavy atom. The van der Waals surface area contributed by atoms with Gasteiger partial charge in [0, 0.05) is 12.2 Å². The molecule has 1 aliphatic rings. The molecule has 0 unspecified atom stereocenters. The van der Waals surface area contributed by atoms with E-state index in [9.17, 15) is 9.59 Å². The van der Waals surface area contributed by atoms with Crippen molar-refractivity contribution >= 4 is 11.5 Å². The molecule has 6 nitrogen and oxygen atoms in total. The average molecular weight is 377 g/mol. The van der Waals surface area contributed by atoms with Crippen LogP contribution in [-0.2, 0) is 24.5 Å². The number of nitrogens with zero attached hydrogens (tertiary/aromatic N) is 2. The normalized spacial score (nSPS) is 13.8. The third-order valence-corrected chi connectivity index (χ3v) is 4.99. The highest BCUT2D eigenvalue weighted by molar-refractivity contribution is 5.62. The molecule has 2 heterocycles. The van der Waals surface area contributed by atoms with E-state index in [4.69, 9.17) is 4.74 Å². The summed E-state index contributed by atoms with van der Waals surface area (Å²) in [5.41, 5.74) is 1.90. The molecule has 1 N–H and O–H groups in total. The molecule has 3 aromatic rings. The van der Waals surface area contributed by atoms with Crippen LogP contribution in [0.1, 0.15) is 24.0 Å². The van der Waals surface area contributed by atoms with Crippen molar-refractivity contribution in [3.05, 3.63) is 92.6 Å². The molecule has 0 fully saturated rings. The third-order valence-electron chi connectivity index (χ3n) is 4.99. The summed E-state index contributed by atoms with van der Waals surface area (Å²) in [4.78, 5) is 30.6. The van der Waals surface area contributed by atoms with Gasteiger partial charge >= 0.3 is 5.69 Å². The fourth-order valence-corrected chi connectivity index (χ4v) is 3.55. The highest BCUT2D eigenvalue weighted by Crippen LogP contribution is 2.28. The number of nitrogens with one attached hydrogen (secondary N) is 1. The van der Waals surface area contributed by atoms with E-state index in [1.165, 1.54) is 0 Å². The van der Waals surface area contributed by atoms with Gasteiger partial charge in [-0.2, -0.15) is 0 Å². The van der Waals surface area contributed by atoms with E-state index in [0.29, 0.717) is 24.4 Å². The first-order valence-corrected chi connectivity index (χ1v) is 9.54. The Kier molecular flexibility index (Phi) is 5.39. The monoisotopic (exact) mass is 377 g/mol. The first-order valence-electron chi connectivity index (χ1n) is 9.54. The number of H-pyrrole nitrogens is 1. The predicted molar refractivity (Wildman–Crippen MR) is 109 cm³/mol. The van der Waals surface area contributed by atoms with Crippen molar-refractivity contribution in [2.24, 2.45) is 0 Å². The maximum Gasteiger partial charge on any atom is 0.331 e. The molecule has 0 aliphatic carbocycles. The number of benzene rings is 2. The Bertz CT molecular complexity index is 1040. The zero-order chi connectivity index (χ0) is 19.3. The fraction of sp³-hybridized carbons (Fsp3) is 0.273. The minimum Gasteiger partial charge on any atom is -0.356 e. The van der Waals surface area contributed by atoms with Crippen LogP contribution in [0, 0.1) is 0 Å². The predicted octanol–water partition coefficient (Wildman–Crippen LogP) is 3.19. The maximum atomic E-state index is 13.0. The van der Waals surface area contributed by atoms with Crippen molar-refractivity contribution < 1.29 is 4.74 Å². The van der Waals surface area contributed by atoms with Crippen molar-refractivity contribution in [3.63, 3.8) is 0 Å². The number of aromatic amines is 1. The molecule has 0 amide bonds. The summed E-state index contributed by atoms with van der Waals surface area (Å²) in [5.74, 6) is 0.609. The Morgan fingerprint density at radius 1 is 0.929 bits per heavy atom. The lowest BCUT2D eigenvalue weighted by atomic mass is 10.1. The van der Waals surface area contributed by atoms with Crippen LogP contribution >= 0.6 is 0 Å². The average Bonchev–Trinajstić information content (AvgIpc) is 2.94. The van der Waals surface area contributed by atoms with Crippen LogP contribution in [0.3, 0.4) is 0 Å². The third kappa shape index (κ3) is 3.77. The molecule has 0 atom stereocenters. The van der Waals surface area contributed by atoms with Crippen LogP contribution in [0.2, 0.25) is 0 Å². The topological polar surface area (TPSA) is 67.3 Å². The van der Waals surface area contributed by atoms with Crippen LogP contribution in [0.4, 0.5) is 11.5 Å². The highest BCUT2D eigenvalue weighted by Gasteiger charge is 2.22. The number of anilines is 2. The number of hydrogen-bond acceptors (Lipinski definition) is 4. The first kappa shape index (κ1) is 18.3. The smallest absolute Gasteiger partial charge is 0.331 e. The summed E-state index contributed by atoms with van der Waals surface area (Å²) in [6, 6.07) is 19.5. The molecule has 0 radical (unpaired) electrons. The summed E-state index contributed by atoms with van der Waals surface area (Å²) in [7, 11) is 0. The second-order valence-electron chi connectivity index (χ2n) is 6.90. The summed E-state index contributed by atoms with van der Waals surface area (Å²) in [5, 5.41) is 0. The van der Waals surface area contributed by atoms with Gasteiger partial charge in [0.15, 0.2) is 0 Å². The number of fused-ring (bicyclic) bond motifs is 1. The van der Waals surface area contributed by atoms with Gasteiger partial charge in [0.25, 0.3) is 5.56 Å². The molecular weight excluding hydrogens is 354 g/mol. The quantitative estimate of drug-likeness (QED) is 0.742. The van der Waals surface area contributed by atoms with Crippen LogP contribution in [-0.4, -0.2) is 16.1 Å². The summed E-state index contributed by atoms with van der Waals surface area (Å²) < 4.78 is 6.78. The van der Waals surface area contributed by atoms with Gasteiger partial charge in [0.05, 0.1) is 12.2 Å². The molecule has 6 heteroatoms. The second kappa shape index (κ2) is 8.27. The fourth-order valence-electron chi connectivity index (χ4n) is 3.55. The maximum absolute atomic E-state index is 13.0. The van der Waals surface area contributed by atoms with E-state index >= 15 is 0 Å². The number of aromatic nitrogens is 2. The van der Waals surface area contributed by atoms with E-state index in [1.54, 1.807) is 0 Å². The number of para-hydroxylation sites is 1. The Labute approximate surface area is 163 Å². The highest BCUT2D eigenvalue weighted by atomic mass is 16.5. The molecule has 2 aromatic carbocycles. The lowest BCUT2D eigenvalue weighted by Crippen LogP contribution is -2.39. The van der Waals surface area contributed by atoms with Crippen LogP contribution in [0.15, 0.2) is 70.3 Å². The largest absolute Gasteiger partial charge is 0.356 e. The standard InChI is InChI=1S/C22H23N3O3/c26-21-19-13-7-8-14-24(18-11-5-2-6-12-18)20(19)23-22(27)25(21)16-28-15-17-9-3-1-4-10-17/h1-6,9-12H,7-8,13-16H2,(H,23,27). The SMILES string of the molecule is O=c1[nH]c2c(c(=O)n1COCc1ccccc1)CCCCN2c1ccccc1. The van der Waals surface area contributed by atoms with E-state index in [-0.39, 0.29) is 12.3 Å². The van der Waals surface area contributed by atoms with E-state index in [1.807, 2.05) is 65.6 Å². The molecular formula is C22H23N3O3. The van der Waals surface area contributed by atoms with Gasteiger partial charge in [-0.05, 0) is 37.0 Å². The molecule has 1 aliphatic heterocycles. The van der Waals surface area contributed by atoms with Gasteiger partial charge in [0.2, 0.25) is 0 Å². The zero-order valence-corrected chi connectivity index (χ0v) is 15.6. The summed E-state index contributed by atoms with van der Waals surface area (Å²) >= 11 is 0. The minimum atomic E-state index is -0.445. The van der Waals surface area contributed by atoms with Gasteiger partial charge in [-0.25, -0.2) is 9.36 Å². The van der Waals surface area contributed by atoms with Crippen molar-refractivity contribution in [1.29, 1.82) is 0 Å². The van der Waals surface area contributed by atoms with Crippen molar-refractivity contribution in [2.45, 2.75) is 32.6 Å². The molecule has 0 spiro atoms. The van der Waals surface area contributed by atoms with Crippen molar-refractivity contribution in [1.82, 2.24) is 9.55 Å². The summed E-state index contributed by atoms with van der Waals surface area (Å²) in [6.45, 7) is 1.04. The van der Waals surface area contributed by atoms with Gasteiger partial charge in [-0.1, -0.05) is 48.5 Å². The first-order chi connectivity index (χ1) is 13.7. The summed E-state index contributed by atoms with van der Waals surface area (Å²) in [6.07, 6.45) is 2.50. The molecule has 0 bridgehead atoms. The van der Waals surface area contributed by atoms with Crippen LogP contribution < -0.4 is 16.1 Å². The van der Waals surface area contributed by atoms with Crippen molar-refractivity contribution in [3.8, 4) is 0 Å². The van der Waals surface area contributed by atoms with E-state index in [2.05, 4.69) is 4.98 Å². The number of hydrogen-bond donors (Lipinski definition) is 1. The van der Waals surface area contributed by atoms with E-state index < -0.39 is 5.69 Å². The second-order valence-corrected chi connectivity index (χ2v) is 6.90. The molecule has 0 saturated carbocycles. The van der Waals surface area contributed by atoms with Gasteiger partial charge < -0.3 is 9.64 Å². The Hall–Kier alpha value is -3.12. The van der Waals surface area contributed by atoms with Crippen molar-refractivity contribution in [2.75, 3.05) is 11.4 Å². The number of rotatable bonds is 5. The lowest BCUT2D eigenvalue weighted by Gasteiger charge is -2.24. The molecule has 144 valence electrons. The van der Waals surface area contributed by atoms with Gasteiger partial charge in [-0.3, -0.25) is 9.78 Å². The molecule has 1 aromatic heterocycles. The van der Waals surface area contributed by atoms with Crippen LogP contribution in [0.5, 0.6) is 0 Å². The minimum absolute atomic E-state index is 0.0678. The van der Waals surface area contributed by atoms with Gasteiger partial charge in [0.1, 0.15) is 12.5 Å². The van der Waals surface area contributed by atoms with Crippen LogP contribution in [0.25, 0.3) is 0 Å². The molecule has 0 saturated heterocycles.